The molecule has 1 aliphatic rings. The number of hydrogen-bond donors (Lipinski definition) is 1. The van der Waals surface area contributed by atoms with E-state index in [1.54, 1.807) is 14.2 Å². The van der Waals surface area contributed by atoms with Gasteiger partial charge in [-0.05, 0) is 25.6 Å². The van der Waals surface area contributed by atoms with Crippen molar-refractivity contribution >= 4 is 17.5 Å². The predicted molar refractivity (Wildman–Crippen MR) is 104 cm³/mol. The second kappa shape index (κ2) is 8.23. The minimum absolute atomic E-state index is 0.560. The number of piperazine rings is 1. The van der Waals surface area contributed by atoms with E-state index >= 15 is 0 Å². The van der Waals surface area contributed by atoms with Crippen molar-refractivity contribution in [3.8, 4) is 11.5 Å². The van der Waals surface area contributed by atoms with Crippen LogP contribution in [0.3, 0.4) is 0 Å². The molecule has 0 saturated carbocycles. The standard InChI is InChI=1S/C19H27N5O2/c1-5-23-8-10-24(11-9-23)18-12-14(2)20-19(22-18)21-16-13-15(25-3)6-7-17(16)26-4/h6-7,12-13H,5,8-11H2,1-4H3,(H,20,21,22). The fourth-order valence-electron chi connectivity index (χ4n) is 3.10. The normalized spacial score (nSPS) is 15.0. The molecule has 1 aromatic heterocycles. The molecule has 0 atom stereocenters. The van der Waals surface area contributed by atoms with Crippen molar-refractivity contribution < 1.29 is 9.47 Å². The average Bonchev–Trinajstić information content (AvgIpc) is 2.67. The van der Waals surface area contributed by atoms with Crippen LogP contribution in [0.5, 0.6) is 11.5 Å². The second-order valence-electron chi connectivity index (χ2n) is 6.30. The number of anilines is 3. The number of benzene rings is 1. The highest BCUT2D eigenvalue weighted by atomic mass is 16.5. The van der Waals surface area contributed by atoms with Crippen LogP contribution < -0.4 is 19.7 Å². The molecule has 3 rings (SSSR count). The third-order valence-electron chi connectivity index (χ3n) is 4.64. The maximum atomic E-state index is 5.43. The van der Waals surface area contributed by atoms with Gasteiger partial charge < -0.3 is 24.6 Å². The highest BCUT2D eigenvalue weighted by Gasteiger charge is 2.18. The van der Waals surface area contributed by atoms with Crippen molar-refractivity contribution in [2.45, 2.75) is 13.8 Å². The Morgan fingerprint density at radius 2 is 1.81 bits per heavy atom. The minimum Gasteiger partial charge on any atom is -0.497 e. The first-order chi connectivity index (χ1) is 12.6. The molecule has 2 heterocycles. The maximum absolute atomic E-state index is 5.43. The lowest BCUT2D eigenvalue weighted by Gasteiger charge is -2.34. The summed E-state index contributed by atoms with van der Waals surface area (Å²) >= 11 is 0. The number of ether oxygens (including phenoxy) is 2. The van der Waals surface area contributed by atoms with Gasteiger partial charge in [-0.15, -0.1) is 0 Å². The fraction of sp³-hybridized carbons (Fsp3) is 0.474. The SMILES string of the molecule is CCN1CCN(c2cc(C)nc(Nc3cc(OC)ccc3OC)n2)CC1. The van der Waals surface area contributed by atoms with E-state index in [0.717, 1.165) is 55.7 Å². The first kappa shape index (κ1) is 18.3. The number of nitrogens with zero attached hydrogens (tertiary/aromatic N) is 4. The van der Waals surface area contributed by atoms with Crippen molar-refractivity contribution in [3.05, 3.63) is 30.0 Å². The molecule has 1 N–H and O–H groups in total. The second-order valence-corrected chi connectivity index (χ2v) is 6.30. The molecule has 0 radical (unpaired) electrons. The van der Waals surface area contributed by atoms with Crippen LogP contribution >= 0.6 is 0 Å². The Labute approximate surface area is 155 Å². The topological polar surface area (TPSA) is 62.8 Å². The molecule has 1 fully saturated rings. The summed E-state index contributed by atoms with van der Waals surface area (Å²) in [6.45, 7) is 9.37. The van der Waals surface area contributed by atoms with Crippen LogP contribution in [0.1, 0.15) is 12.6 Å². The van der Waals surface area contributed by atoms with Gasteiger partial charge in [-0.2, -0.15) is 4.98 Å². The van der Waals surface area contributed by atoms with Crippen LogP contribution in [-0.4, -0.2) is 61.8 Å². The van der Waals surface area contributed by atoms with Crippen molar-refractivity contribution in [2.75, 3.05) is 57.2 Å². The van der Waals surface area contributed by atoms with Crippen LogP contribution in [-0.2, 0) is 0 Å². The molecular weight excluding hydrogens is 330 g/mol. The van der Waals surface area contributed by atoms with Gasteiger partial charge in [-0.25, -0.2) is 4.98 Å². The van der Waals surface area contributed by atoms with Gasteiger partial charge in [0.15, 0.2) is 0 Å². The van der Waals surface area contributed by atoms with Gasteiger partial charge in [-0.1, -0.05) is 6.92 Å². The van der Waals surface area contributed by atoms with Crippen LogP contribution in [0.2, 0.25) is 0 Å². The van der Waals surface area contributed by atoms with Gasteiger partial charge in [-0.3, -0.25) is 0 Å². The Morgan fingerprint density at radius 1 is 1.04 bits per heavy atom. The molecule has 0 bridgehead atoms. The van der Waals surface area contributed by atoms with Gasteiger partial charge in [0.1, 0.15) is 17.3 Å². The minimum atomic E-state index is 0.560. The number of aromatic nitrogens is 2. The Kier molecular flexibility index (Phi) is 5.78. The van der Waals surface area contributed by atoms with E-state index in [4.69, 9.17) is 14.5 Å². The van der Waals surface area contributed by atoms with E-state index in [2.05, 4.69) is 27.0 Å². The van der Waals surface area contributed by atoms with Crippen molar-refractivity contribution in [1.29, 1.82) is 0 Å². The molecule has 1 aromatic carbocycles. The Hall–Kier alpha value is -2.54. The largest absolute Gasteiger partial charge is 0.497 e. The van der Waals surface area contributed by atoms with Gasteiger partial charge in [0.25, 0.3) is 0 Å². The summed E-state index contributed by atoms with van der Waals surface area (Å²) in [6.07, 6.45) is 0. The first-order valence-electron chi connectivity index (χ1n) is 8.95. The molecule has 7 nitrogen and oxygen atoms in total. The number of nitrogens with one attached hydrogen (secondary N) is 1. The molecule has 0 unspecified atom stereocenters. The summed E-state index contributed by atoms with van der Waals surface area (Å²) in [4.78, 5) is 14.0. The van der Waals surface area contributed by atoms with E-state index in [1.807, 2.05) is 31.2 Å². The lowest BCUT2D eigenvalue weighted by molar-refractivity contribution is 0.270. The number of aryl methyl sites for hydroxylation is 1. The summed E-state index contributed by atoms with van der Waals surface area (Å²) in [6, 6.07) is 7.64. The monoisotopic (exact) mass is 357 g/mol. The van der Waals surface area contributed by atoms with Gasteiger partial charge in [0, 0.05) is 44.0 Å². The van der Waals surface area contributed by atoms with Crippen molar-refractivity contribution in [3.63, 3.8) is 0 Å². The van der Waals surface area contributed by atoms with E-state index < -0.39 is 0 Å². The average molecular weight is 357 g/mol. The van der Waals surface area contributed by atoms with Crippen molar-refractivity contribution in [1.82, 2.24) is 14.9 Å². The highest BCUT2D eigenvalue weighted by Crippen LogP contribution is 2.31. The van der Waals surface area contributed by atoms with Gasteiger partial charge in [0.2, 0.25) is 5.95 Å². The Morgan fingerprint density at radius 3 is 2.46 bits per heavy atom. The first-order valence-corrected chi connectivity index (χ1v) is 8.95. The van der Waals surface area contributed by atoms with Crippen LogP contribution in [0, 0.1) is 6.92 Å². The molecule has 1 aliphatic heterocycles. The lowest BCUT2D eigenvalue weighted by atomic mass is 10.2. The zero-order valence-corrected chi connectivity index (χ0v) is 16.0. The number of rotatable bonds is 6. The summed E-state index contributed by atoms with van der Waals surface area (Å²) in [7, 11) is 3.28. The quantitative estimate of drug-likeness (QED) is 0.853. The molecule has 2 aromatic rings. The third-order valence-corrected chi connectivity index (χ3v) is 4.64. The van der Waals surface area contributed by atoms with Crippen LogP contribution in [0.15, 0.2) is 24.3 Å². The summed E-state index contributed by atoms with van der Waals surface area (Å²) < 4.78 is 10.7. The maximum Gasteiger partial charge on any atom is 0.229 e. The molecule has 7 heteroatoms. The molecule has 1 saturated heterocycles. The smallest absolute Gasteiger partial charge is 0.229 e. The molecule has 140 valence electrons. The van der Waals surface area contributed by atoms with Gasteiger partial charge >= 0.3 is 0 Å². The zero-order valence-electron chi connectivity index (χ0n) is 16.0. The summed E-state index contributed by atoms with van der Waals surface area (Å²) in [5, 5.41) is 3.27. The van der Waals surface area contributed by atoms with E-state index in [-0.39, 0.29) is 0 Å². The van der Waals surface area contributed by atoms with Crippen molar-refractivity contribution in [2.24, 2.45) is 0 Å². The number of hydrogen-bond acceptors (Lipinski definition) is 7. The summed E-state index contributed by atoms with van der Waals surface area (Å²) in [5.41, 5.74) is 1.71. The molecule has 0 spiro atoms. The predicted octanol–water partition coefficient (Wildman–Crippen LogP) is 2.69. The highest BCUT2D eigenvalue weighted by molar-refractivity contribution is 5.65. The lowest BCUT2D eigenvalue weighted by Crippen LogP contribution is -2.46. The van der Waals surface area contributed by atoms with Gasteiger partial charge in [0.05, 0.1) is 19.9 Å². The summed E-state index contributed by atoms with van der Waals surface area (Å²) in [5.74, 6) is 2.98. The molecule has 26 heavy (non-hydrogen) atoms. The van der Waals surface area contributed by atoms with E-state index in [0.29, 0.717) is 11.7 Å². The molecule has 0 aliphatic carbocycles. The van der Waals surface area contributed by atoms with E-state index in [1.165, 1.54) is 0 Å². The fourth-order valence-corrected chi connectivity index (χ4v) is 3.10. The Bertz CT molecular complexity index is 745. The third kappa shape index (κ3) is 4.16. The molecular formula is C19H27N5O2. The molecule has 0 amide bonds. The van der Waals surface area contributed by atoms with E-state index in [9.17, 15) is 0 Å². The number of methoxy groups -OCH3 is 2. The zero-order chi connectivity index (χ0) is 18.5. The number of likely N-dealkylation sites (N-methyl/N-ethyl adjacent to an activating group) is 1. The Balaban J connectivity index is 1.82. The van der Waals surface area contributed by atoms with Crippen LogP contribution in [0.25, 0.3) is 0 Å². The van der Waals surface area contributed by atoms with Crippen LogP contribution in [0.4, 0.5) is 17.5 Å².